The van der Waals surface area contributed by atoms with Crippen molar-refractivity contribution in [2.45, 2.75) is 60.3 Å². The van der Waals surface area contributed by atoms with Crippen molar-refractivity contribution in [2.75, 3.05) is 6.61 Å². The molecular formula is C16H28O2. The van der Waals surface area contributed by atoms with E-state index in [1.165, 1.54) is 5.57 Å². The van der Waals surface area contributed by atoms with Crippen LogP contribution in [0.3, 0.4) is 0 Å². The summed E-state index contributed by atoms with van der Waals surface area (Å²) in [5.41, 5.74) is 2.14. The Bertz CT molecular complexity index is 296. The Hall–Kier alpha value is -1.05. The fraction of sp³-hybridized carbons (Fsp3) is 0.688. The van der Waals surface area contributed by atoms with Crippen LogP contribution in [0, 0.1) is 5.92 Å². The topological polar surface area (TPSA) is 26.3 Å². The second-order valence-electron chi connectivity index (χ2n) is 5.06. The molecule has 0 rings (SSSR count). The van der Waals surface area contributed by atoms with Crippen molar-refractivity contribution >= 4 is 5.97 Å². The van der Waals surface area contributed by atoms with Gasteiger partial charge in [0.25, 0.3) is 0 Å². The van der Waals surface area contributed by atoms with Gasteiger partial charge in [0.2, 0.25) is 0 Å². The van der Waals surface area contributed by atoms with E-state index < -0.39 is 0 Å². The van der Waals surface area contributed by atoms with E-state index in [4.69, 9.17) is 4.74 Å². The van der Waals surface area contributed by atoms with Crippen molar-refractivity contribution in [1.29, 1.82) is 0 Å². The van der Waals surface area contributed by atoms with Gasteiger partial charge >= 0.3 is 5.97 Å². The van der Waals surface area contributed by atoms with Gasteiger partial charge in [-0.3, -0.25) is 0 Å². The molecule has 0 aliphatic rings. The predicted molar refractivity (Wildman–Crippen MR) is 77.5 cm³/mol. The first-order chi connectivity index (χ1) is 8.51. The lowest BCUT2D eigenvalue weighted by molar-refractivity contribution is -0.139. The van der Waals surface area contributed by atoms with E-state index in [2.05, 4.69) is 26.8 Å². The Labute approximate surface area is 112 Å². The van der Waals surface area contributed by atoms with Crippen LogP contribution in [0.2, 0.25) is 0 Å². The summed E-state index contributed by atoms with van der Waals surface area (Å²) >= 11 is 0. The molecule has 0 heterocycles. The van der Waals surface area contributed by atoms with E-state index in [1.807, 2.05) is 19.9 Å². The van der Waals surface area contributed by atoms with Crippen LogP contribution in [0.4, 0.5) is 0 Å². The third-order valence-corrected chi connectivity index (χ3v) is 3.05. The molecule has 0 bridgehead atoms. The van der Waals surface area contributed by atoms with Gasteiger partial charge < -0.3 is 4.74 Å². The van der Waals surface area contributed by atoms with Gasteiger partial charge in [0.15, 0.2) is 0 Å². The summed E-state index contributed by atoms with van der Waals surface area (Å²) in [5.74, 6) is 0.445. The van der Waals surface area contributed by atoms with Crippen molar-refractivity contribution in [3.8, 4) is 0 Å². The predicted octanol–water partition coefficient (Wildman–Crippen LogP) is 4.66. The Balaban J connectivity index is 3.77. The minimum atomic E-state index is -0.156. The van der Waals surface area contributed by atoms with Crippen LogP contribution in [-0.4, -0.2) is 12.6 Å². The summed E-state index contributed by atoms with van der Waals surface area (Å²) < 4.78 is 5.26. The summed E-state index contributed by atoms with van der Waals surface area (Å²) in [6, 6.07) is 0. The number of esters is 1. The maximum absolute atomic E-state index is 11.6. The molecule has 0 radical (unpaired) electrons. The zero-order chi connectivity index (χ0) is 14.0. The van der Waals surface area contributed by atoms with Crippen LogP contribution >= 0.6 is 0 Å². The minimum absolute atomic E-state index is 0.156. The van der Waals surface area contributed by atoms with E-state index in [0.29, 0.717) is 12.5 Å². The summed E-state index contributed by atoms with van der Waals surface area (Å²) in [7, 11) is 0. The van der Waals surface area contributed by atoms with Gasteiger partial charge in [-0.15, -0.1) is 0 Å². The van der Waals surface area contributed by atoms with Crippen LogP contribution in [0.15, 0.2) is 23.3 Å². The summed E-state index contributed by atoms with van der Waals surface area (Å²) in [6.45, 7) is 10.8. The molecule has 1 unspecified atom stereocenters. The number of hydrogen-bond acceptors (Lipinski definition) is 2. The van der Waals surface area contributed by atoms with Crippen LogP contribution in [-0.2, 0) is 9.53 Å². The van der Waals surface area contributed by atoms with Crippen molar-refractivity contribution in [3.05, 3.63) is 23.3 Å². The number of rotatable bonds is 8. The van der Waals surface area contributed by atoms with Crippen LogP contribution in [0.5, 0.6) is 0 Å². The van der Waals surface area contributed by atoms with Crippen LogP contribution < -0.4 is 0 Å². The normalized spacial score (nSPS) is 13.1. The van der Waals surface area contributed by atoms with E-state index in [9.17, 15) is 4.79 Å². The first kappa shape index (κ1) is 16.9. The molecule has 0 aliphatic carbocycles. The van der Waals surface area contributed by atoms with Crippen LogP contribution in [0.1, 0.15) is 60.3 Å². The lowest BCUT2D eigenvalue weighted by Crippen LogP contribution is -2.10. The van der Waals surface area contributed by atoms with Gasteiger partial charge in [0.1, 0.15) is 0 Å². The molecule has 18 heavy (non-hydrogen) atoms. The number of carbonyl (C=O) groups excluding carboxylic acids is 1. The molecule has 0 amide bonds. The average molecular weight is 252 g/mol. The van der Waals surface area contributed by atoms with Crippen molar-refractivity contribution in [2.24, 2.45) is 5.92 Å². The molecule has 104 valence electrons. The first-order valence-corrected chi connectivity index (χ1v) is 6.96. The number of ether oxygens (including phenoxy) is 1. The van der Waals surface area contributed by atoms with Gasteiger partial charge in [0.05, 0.1) is 6.61 Å². The van der Waals surface area contributed by atoms with Gasteiger partial charge in [0, 0.05) is 5.57 Å². The Morgan fingerprint density at radius 3 is 2.44 bits per heavy atom. The van der Waals surface area contributed by atoms with Gasteiger partial charge in [-0.05, 0) is 52.4 Å². The quantitative estimate of drug-likeness (QED) is 0.357. The molecule has 1 atom stereocenters. The van der Waals surface area contributed by atoms with Gasteiger partial charge in [-0.25, -0.2) is 4.79 Å². The third kappa shape index (κ3) is 8.10. The first-order valence-electron chi connectivity index (χ1n) is 6.96. The Morgan fingerprint density at radius 1 is 1.28 bits per heavy atom. The molecule has 0 saturated carbocycles. The Kier molecular flexibility index (Phi) is 9.35. The fourth-order valence-electron chi connectivity index (χ4n) is 1.71. The summed E-state index contributed by atoms with van der Waals surface area (Å²) in [5, 5.41) is 0. The largest absolute Gasteiger partial charge is 0.462 e. The maximum atomic E-state index is 11.6. The average Bonchev–Trinajstić information content (AvgIpc) is 2.30. The van der Waals surface area contributed by atoms with Gasteiger partial charge in [-0.1, -0.05) is 31.6 Å². The lowest BCUT2D eigenvalue weighted by Gasteiger charge is -2.11. The molecule has 0 saturated heterocycles. The molecule has 2 heteroatoms. The lowest BCUT2D eigenvalue weighted by atomic mass is 10.0. The molecule has 0 aromatic heterocycles. The molecular weight excluding hydrogens is 224 g/mol. The summed E-state index contributed by atoms with van der Waals surface area (Å²) in [4.78, 5) is 11.6. The summed E-state index contributed by atoms with van der Waals surface area (Å²) in [6.07, 6.45) is 8.06. The smallest absolute Gasteiger partial charge is 0.333 e. The highest BCUT2D eigenvalue weighted by Crippen LogP contribution is 2.12. The second-order valence-corrected chi connectivity index (χ2v) is 5.06. The highest BCUT2D eigenvalue weighted by molar-refractivity contribution is 5.88. The number of hydrogen-bond donors (Lipinski definition) is 0. The second kappa shape index (κ2) is 9.93. The molecule has 0 aliphatic heterocycles. The van der Waals surface area contributed by atoms with Crippen molar-refractivity contribution < 1.29 is 9.53 Å². The molecule has 0 N–H and O–H groups in total. The number of allylic oxidation sites excluding steroid dienone is 3. The highest BCUT2D eigenvalue weighted by Gasteiger charge is 2.08. The molecule has 0 aromatic rings. The minimum Gasteiger partial charge on any atom is -0.462 e. The third-order valence-electron chi connectivity index (χ3n) is 3.05. The van der Waals surface area contributed by atoms with E-state index in [-0.39, 0.29) is 5.97 Å². The number of carbonyl (C=O) groups is 1. The van der Waals surface area contributed by atoms with Crippen LogP contribution in [0.25, 0.3) is 0 Å². The van der Waals surface area contributed by atoms with E-state index in [0.717, 1.165) is 31.3 Å². The zero-order valence-corrected chi connectivity index (χ0v) is 12.6. The van der Waals surface area contributed by atoms with E-state index in [1.54, 1.807) is 0 Å². The van der Waals surface area contributed by atoms with Crippen molar-refractivity contribution in [3.63, 3.8) is 0 Å². The molecule has 2 nitrogen and oxygen atoms in total. The molecule has 0 aromatic carbocycles. The van der Waals surface area contributed by atoms with Crippen molar-refractivity contribution in [1.82, 2.24) is 0 Å². The van der Waals surface area contributed by atoms with Gasteiger partial charge in [-0.2, -0.15) is 0 Å². The Morgan fingerprint density at radius 2 is 1.94 bits per heavy atom. The molecule has 0 spiro atoms. The maximum Gasteiger partial charge on any atom is 0.333 e. The molecule has 0 fully saturated rings. The zero-order valence-electron chi connectivity index (χ0n) is 12.6. The standard InChI is InChI=1S/C16H28O2/c1-6-15(7-2)16(17)18-12-11-14(5)10-8-9-13(3)4/h6,9,14H,7-8,10-12H2,1-5H3. The fourth-order valence-corrected chi connectivity index (χ4v) is 1.71. The monoisotopic (exact) mass is 252 g/mol. The van der Waals surface area contributed by atoms with E-state index >= 15 is 0 Å². The SMILES string of the molecule is CC=C(CC)C(=O)OCCC(C)CCC=C(C)C. The highest BCUT2D eigenvalue weighted by atomic mass is 16.5.